The summed E-state index contributed by atoms with van der Waals surface area (Å²) in [6.07, 6.45) is 0.647. The fourth-order valence-corrected chi connectivity index (χ4v) is 1.60. The van der Waals surface area contributed by atoms with E-state index in [-0.39, 0.29) is 18.0 Å². The summed E-state index contributed by atoms with van der Waals surface area (Å²) in [5.74, 6) is -0.631. The van der Waals surface area contributed by atoms with Crippen molar-refractivity contribution in [2.45, 2.75) is 6.42 Å². The first kappa shape index (κ1) is 13.0. The van der Waals surface area contributed by atoms with Gasteiger partial charge in [0.25, 0.3) is 0 Å². The lowest BCUT2D eigenvalue weighted by Gasteiger charge is -2.06. The maximum absolute atomic E-state index is 12.7. The van der Waals surface area contributed by atoms with Gasteiger partial charge in [-0.25, -0.2) is 4.39 Å². The maximum atomic E-state index is 12.7. The third kappa shape index (κ3) is 3.48. The zero-order valence-corrected chi connectivity index (χ0v) is 10.0. The number of halogens is 1. The minimum Gasteiger partial charge on any atom is -0.426 e. The quantitative estimate of drug-likeness (QED) is 0.481. The molecule has 0 amide bonds. The van der Waals surface area contributed by atoms with Crippen molar-refractivity contribution in [1.82, 2.24) is 0 Å². The zero-order valence-electron chi connectivity index (χ0n) is 10.0. The number of hydrogen-bond acceptors (Lipinski definition) is 3. The molecule has 0 saturated carbocycles. The Morgan fingerprint density at radius 3 is 2.47 bits per heavy atom. The lowest BCUT2D eigenvalue weighted by molar-refractivity contribution is -0.133. The number of aldehydes is 1. The third-order valence-corrected chi connectivity index (χ3v) is 2.53. The molecule has 0 aliphatic rings. The molecule has 19 heavy (non-hydrogen) atoms. The van der Waals surface area contributed by atoms with Crippen molar-refractivity contribution < 1.29 is 18.7 Å². The highest BCUT2D eigenvalue weighted by Crippen LogP contribution is 2.16. The van der Waals surface area contributed by atoms with Gasteiger partial charge in [0.05, 0.1) is 12.0 Å². The van der Waals surface area contributed by atoms with Crippen LogP contribution in [-0.4, -0.2) is 12.3 Å². The van der Waals surface area contributed by atoms with Crippen LogP contribution >= 0.6 is 0 Å². The molecular weight excluding hydrogens is 247 g/mol. The predicted octanol–water partition coefficient (Wildman–Crippen LogP) is 2.79. The number of rotatable bonds is 4. The van der Waals surface area contributed by atoms with Gasteiger partial charge >= 0.3 is 5.97 Å². The minimum atomic E-state index is -0.499. The fourth-order valence-electron chi connectivity index (χ4n) is 1.60. The van der Waals surface area contributed by atoms with E-state index in [1.54, 1.807) is 24.3 Å². The highest BCUT2D eigenvalue weighted by Gasteiger charge is 2.09. The van der Waals surface area contributed by atoms with Crippen molar-refractivity contribution in [3.05, 3.63) is 65.5 Å². The van der Waals surface area contributed by atoms with Gasteiger partial charge in [0.15, 0.2) is 6.29 Å². The van der Waals surface area contributed by atoms with Crippen molar-refractivity contribution in [3.63, 3.8) is 0 Å². The van der Waals surface area contributed by atoms with E-state index in [0.29, 0.717) is 17.4 Å². The summed E-state index contributed by atoms with van der Waals surface area (Å²) >= 11 is 0. The normalized spacial score (nSPS) is 9.95. The molecule has 0 unspecified atom stereocenters. The van der Waals surface area contributed by atoms with Crippen LogP contribution in [0.2, 0.25) is 0 Å². The first-order chi connectivity index (χ1) is 9.19. The highest BCUT2D eigenvalue weighted by molar-refractivity contribution is 5.82. The summed E-state index contributed by atoms with van der Waals surface area (Å²) in [6, 6.07) is 12.1. The van der Waals surface area contributed by atoms with Crippen molar-refractivity contribution in [2.24, 2.45) is 0 Å². The second-order valence-electron chi connectivity index (χ2n) is 3.93. The number of para-hydroxylation sites is 1. The molecule has 2 aromatic carbocycles. The summed E-state index contributed by atoms with van der Waals surface area (Å²) < 4.78 is 17.8. The van der Waals surface area contributed by atoms with Crippen molar-refractivity contribution in [3.8, 4) is 5.75 Å². The van der Waals surface area contributed by atoms with Crippen LogP contribution in [0, 0.1) is 5.82 Å². The molecule has 4 heteroatoms. The second-order valence-corrected chi connectivity index (χ2v) is 3.93. The lowest BCUT2D eigenvalue weighted by atomic mass is 10.1. The van der Waals surface area contributed by atoms with E-state index in [2.05, 4.69) is 0 Å². The van der Waals surface area contributed by atoms with Gasteiger partial charge < -0.3 is 4.74 Å². The first-order valence-electron chi connectivity index (χ1n) is 5.68. The molecule has 0 radical (unpaired) electrons. The SMILES string of the molecule is O=Cc1ccccc1OC(=O)Cc1ccc(F)cc1. The Hall–Kier alpha value is -2.49. The third-order valence-electron chi connectivity index (χ3n) is 2.53. The van der Waals surface area contributed by atoms with E-state index >= 15 is 0 Å². The molecule has 0 aromatic heterocycles. The molecule has 0 heterocycles. The average molecular weight is 258 g/mol. The Morgan fingerprint density at radius 1 is 1.11 bits per heavy atom. The van der Waals surface area contributed by atoms with Crippen LogP contribution in [0.15, 0.2) is 48.5 Å². The Labute approximate surface area is 109 Å². The van der Waals surface area contributed by atoms with Crippen LogP contribution in [0.4, 0.5) is 4.39 Å². The van der Waals surface area contributed by atoms with Crippen LogP contribution in [0.25, 0.3) is 0 Å². The molecule has 0 atom stereocenters. The molecule has 2 aromatic rings. The molecule has 0 aliphatic heterocycles. The number of hydrogen-bond donors (Lipinski definition) is 0. The predicted molar refractivity (Wildman–Crippen MR) is 67.6 cm³/mol. The van der Waals surface area contributed by atoms with Crippen LogP contribution in [-0.2, 0) is 11.2 Å². The molecule has 0 saturated heterocycles. The molecule has 0 aliphatic carbocycles. The smallest absolute Gasteiger partial charge is 0.315 e. The summed E-state index contributed by atoms with van der Waals surface area (Å²) in [7, 11) is 0. The topological polar surface area (TPSA) is 43.4 Å². The second kappa shape index (κ2) is 5.91. The summed E-state index contributed by atoms with van der Waals surface area (Å²) in [6.45, 7) is 0. The van der Waals surface area contributed by atoms with Gasteiger partial charge in [0.2, 0.25) is 0 Å². The van der Waals surface area contributed by atoms with Crippen LogP contribution < -0.4 is 4.74 Å². The Bertz CT molecular complexity index is 591. The van der Waals surface area contributed by atoms with E-state index in [1.165, 1.54) is 24.3 Å². The minimum absolute atomic E-state index is 0.0213. The number of esters is 1. The first-order valence-corrected chi connectivity index (χ1v) is 5.68. The van der Waals surface area contributed by atoms with E-state index < -0.39 is 5.97 Å². The Kier molecular flexibility index (Phi) is 4.03. The van der Waals surface area contributed by atoms with E-state index in [4.69, 9.17) is 4.74 Å². The molecule has 0 N–H and O–H groups in total. The van der Waals surface area contributed by atoms with Crippen LogP contribution in [0.5, 0.6) is 5.75 Å². The monoisotopic (exact) mass is 258 g/mol. The fraction of sp³-hybridized carbons (Fsp3) is 0.0667. The molecular formula is C15H11FO3. The van der Waals surface area contributed by atoms with Gasteiger partial charge in [-0.15, -0.1) is 0 Å². The largest absolute Gasteiger partial charge is 0.426 e. The summed E-state index contributed by atoms with van der Waals surface area (Å²) in [5.41, 5.74) is 0.963. The van der Waals surface area contributed by atoms with Crippen LogP contribution in [0.1, 0.15) is 15.9 Å². The average Bonchev–Trinajstić information content (AvgIpc) is 2.42. The van der Waals surface area contributed by atoms with Gasteiger partial charge in [-0.3, -0.25) is 9.59 Å². The highest BCUT2D eigenvalue weighted by atomic mass is 19.1. The lowest BCUT2D eigenvalue weighted by Crippen LogP contribution is -2.12. The van der Waals surface area contributed by atoms with Gasteiger partial charge in [-0.1, -0.05) is 24.3 Å². The van der Waals surface area contributed by atoms with Crippen molar-refractivity contribution in [2.75, 3.05) is 0 Å². The van der Waals surface area contributed by atoms with E-state index in [1.807, 2.05) is 0 Å². The molecule has 0 spiro atoms. The number of carbonyl (C=O) groups is 2. The number of carbonyl (C=O) groups excluding carboxylic acids is 2. The van der Waals surface area contributed by atoms with Gasteiger partial charge in [-0.05, 0) is 29.8 Å². The molecule has 2 rings (SSSR count). The number of benzene rings is 2. The molecule has 0 bridgehead atoms. The van der Waals surface area contributed by atoms with E-state index in [0.717, 1.165) is 0 Å². The maximum Gasteiger partial charge on any atom is 0.315 e. The standard InChI is InChI=1S/C15H11FO3/c16-13-7-5-11(6-8-13)9-15(18)19-14-4-2-1-3-12(14)10-17/h1-8,10H,9H2. The van der Waals surface area contributed by atoms with Gasteiger partial charge in [-0.2, -0.15) is 0 Å². The molecule has 3 nitrogen and oxygen atoms in total. The summed E-state index contributed by atoms with van der Waals surface area (Å²) in [4.78, 5) is 22.5. The van der Waals surface area contributed by atoms with Crippen LogP contribution in [0.3, 0.4) is 0 Å². The molecule has 96 valence electrons. The molecule has 0 fully saturated rings. The Balaban J connectivity index is 2.05. The number of ether oxygens (including phenoxy) is 1. The van der Waals surface area contributed by atoms with E-state index in [9.17, 15) is 14.0 Å². The zero-order chi connectivity index (χ0) is 13.7. The van der Waals surface area contributed by atoms with Crippen molar-refractivity contribution in [1.29, 1.82) is 0 Å². The van der Waals surface area contributed by atoms with Crippen molar-refractivity contribution >= 4 is 12.3 Å². The summed E-state index contributed by atoms with van der Waals surface area (Å²) in [5, 5.41) is 0. The Morgan fingerprint density at radius 2 is 1.79 bits per heavy atom. The van der Waals surface area contributed by atoms with Gasteiger partial charge in [0, 0.05) is 0 Å². The van der Waals surface area contributed by atoms with Gasteiger partial charge in [0.1, 0.15) is 11.6 Å².